The average molecular weight is 503 g/mol. The first-order valence-corrected chi connectivity index (χ1v) is 11.6. The average Bonchev–Trinajstić information content (AvgIpc) is 2.84. The highest BCUT2D eigenvalue weighted by atomic mass is 35.5. The van der Waals surface area contributed by atoms with Crippen molar-refractivity contribution in [2.75, 3.05) is 33.4 Å². The predicted molar refractivity (Wildman–Crippen MR) is 136 cm³/mol. The van der Waals surface area contributed by atoms with Crippen LogP contribution in [0.25, 0.3) is 10.8 Å². The largest absolute Gasteiger partial charge is 0.497 e. The lowest BCUT2D eigenvalue weighted by Crippen LogP contribution is -2.35. The van der Waals surface area contributed by atoms with Crippen molar-refractivity contribution in [2.24, 2.45) is 5.73 Å². The fourth-order valence-electron chi connectivity index (χ4n) is 4.44. The minimum absolute atomic E-state index is 0. The summed E-state index contributed by atoms with van der Waals surface area (Å²) in [7, 11) is 1.67. The molecular formula is C27H32ClFN2O4. The van der Waals surface area contributed by atoms with E-state index < -0.39 is 5.91 Å². The van der Waals surface area contributed by atoms with Gasteiger partial charge >= 0.3 is 0 Å². The molecule has 188 valence electrons. The number of ether oxygens (including phenoxy) is 3. The zero-order valence-electron chi connectivity index (χ0n) is 19.8. The van der Waals surface area contributed by atoms with Gasteiger partial charge in [0.15, 0.2) is 6.29 Å². The highest BCUT2D eigenvalue weighted by Crippen LogP contribution is 2.31. The number of fused-ring (bicyclic) bond motifs is 1. The number of rotatable bonds is 10. The Bertz CT molecular complexity index is 1120. The number of amides is 1. The normalized spacial score (nSPS) is 17.8. The van der Waals surface area contributed by atoms with Crippen LogP contribution in [0.2, 0.25) is 0 Å². The van der Waals surface area contributed by atoms with Crippen LogP contribution in [-0.2, 0) is 20.8 Å². The Kier molecular flexibility index (Phi) is 9.86. The number of hydrogen-bond acceptors (Lipinski definition) is 5. The summed E-state index contributed by atoms with van der Waals surface area (Å²) in [5.41, 5.74) is 7.15. The van der Waals surface area contributed by atoms with Gasteiger partial charge in [-0.05, 0) is 53.9 Å². The molecule has 1 saturated heterocycles. The van der Waals surface area contributed by atoms with E-state index >= 15 is 0 Å². The van der Waals surface area contributed by atoms with Crippen LogP contribution in [0.3, 0.4) is 0 Å². The number of benzene rings is 3. The second-order valence-corrected chi connectivity index (χ2v) is 8.64. The Hall–Kier alpha value is -2.71. The quantitative estimate of drug-likeness (QED) is 0.437. The second kappa shape index (κ2) is 12.8. The first-order valence-electron chi connectivity index (χ1n) is 11.6. The van der Waals surface area contributed by atoms with Crippen molar-refractivity contribution in [1.29, 1.82) is 0 Å². The highest BCUT2D eigenvalue weighted by molar-refractivity contribution is 5.87. The molecule has 35 heavy (non-hydrogen) atoms. The molecule has 1 amide bonds. The van der Waals surface area contributed by atoms with Gasteiger partial charge in [0, 0.05) is 18.0 Å². The Morgan fingerprint density at radius 1 is 1.11 bits per heavy atom. The number of methoxy groups -OCH3 is 1. The van der Waals surface area contributed by atoms with Crippen LogP contribution < -0.4 is 10.5 Å². The van der Waals surface area contributed by atoms with Crippen LogP contribution in [0.4, 0.5) is 4.39 Å². The van der Waals surface area contributed by atoms with Crippen LogP contribution in [-0.4, -0.2) is 50.5 Å². The summed E-state index contributed by atoms with van der Waals surface area (Å²) in [5, 5.41) is 2.30. The number of nitrogens with zero attached hydrogens (tertiary/aromatic N) is 1. The van der Waals surface area contributed by atoms with Crippen molar-refractivity contribution in [2.45, 2.75) is 31.6 Å². The van der Waals surface area contributed by atoms with Crippen molar-refractivity contribution in [3.8, 4) is 5.75 Å². The van der Waals surface area contributed by atoms with Gasteiger partial charge in [-0.1, -0.05) is 42.5 Å². The van der Waals surface area contributed by atoms with Gasteiger partial charge < -0.3 is 19.9 Å². The topological polar surface area (TPSA) is 74.0 Å². The SMILES string of the molecule is COc1ccc2c(C3COC(CCCN(CC(N)=O)Cc4ccccc4F)OC3)cccc2c1.Cl. The van der Waals surface area contributed by atoms with Gasteiger partial charge in [0.05, 0.1) is 26.9 Å². The van der Waals surface area contributed by atoms with Crippen molar-refractivity contribution in [3.05, 3.63) is 77.6 Å². The van der Waals surface area contributed by atoms with Crippen molar-refractivity contribution in [1.82, 2.24) is 4.90 Å². The van der Waals surface area contributed by atoms with E-state index in [-0.39, 0.29) is 37.0 Å². The monoisotopic (exact) mass is 502 g/mol. The van der Waals surface area contributed by atoms with E-state index in [4.69, 9.17) is 19.9 Å². The van der Waals surface area contributed by atoms with Crippen LogP contribution in [0.1, 0.15) is 29.9 Å². The van der Waals surface area contributed by atoms with Gasteiger partial charge in [0.1, 0.15) is 11.6 Å². The lowest BCUT2D eigenvalue weighted by molar-refractivity contribution is -0.190. The maximum Gasteiger partial charge on any atom is 0.231 e. The molecule has 0 radical (unpaired) electrons. The minimum atomic E-state index is -0.433. The molecule has 1 aliphatic rings. The molecule has 0 spiro atoms. The third-order valence-corrected chi connectivity index (χ3v) is 6.17. The van der Waals surface area contributed by atoms with Crippen LogP contribution in [0.5, 0.6) is 5.75 Å². The van der Waals surface area contributed by atoms with Gasteiger partial charge in [-0.15, -0.1) is 12.4 Å². The lowest BCUT2D eigenvalue weighted by Gasteiger charge is -2.31. The third-order valence-electron chi connectivity index (χ3n) is 6.17. The summed E-state index contributed by atoms with van der Waals surface area (Å²) in [6.07, 6.45) is 1.13. The van der Waals surface area contributed by atoms with Gasteiger partial charge in [-0.25, -0.2) is 4.39 Å². The Morgan fingerprint density at radius 2 is 1.89 bits per heavy atom. The molecule has 0 unspecified atom stereocenters. The van der Waals surface area contributed by atoms with E-state index in [1.165, 1.54) is 17.0 Å². The zero-order chi connectivity index (χ0) is 23.9. The number of carbonyl (C=O) groups is 1. The summed E-state index contributed by atoms with van der Waals surface area (Å²) in [6, 6.07) is 18.9. The van der Waals surface area contributed by atoms with Gasteiger partial charge in [-0.3, -0.25) is 9.69 Å². The molecule has 0 atom stereocenters. The molecule has 0 bridgehead atoms. The van der Waals surface area contributed by atoms with E-state index in [0.717, 1.165) is 17.6 Å². The molecule has 8 heteroatoms. The molecule has 2 N–H and O–H groups in total. The van der Waals surface area contributed by atoms with Crippen LogP contribution in [0, 0.1) is 5.82 Å². The van der Waals surface area contributed by atoms with Crippen LogP contribution in [0.15, 0.2) is 60.7 Å². The molecule has 4 rings (SSSR count). The molecule has 1 heterocycles. The zero-order valence-corrected chi connectivity index (χ0v) is 20.6. The summed E-state index contributed by atoms with van der Waals surface area (Å²) in [5.74, 6) is 0.271. The molecule has 6 nitrogen and oxygen atoms in total. The van der Waals surface area contributed by atoms with Gasteiger partial charge in [0.2, 0.25) is 5.91 Å². The first-order chi connectivity index (χ1) is 16.5. The van der Waals surface area contributed by atoms with Crippen LogP contribution >= 0.6 is 12.4 Å². The number of carbonyl (C=O) groups excluding carboxylic acids is 1. The highest BCUT2D eigenvalue weighted by Gasteiger charge is 2.25. The fraction of sp³-hybridized carbons (Fsp3) is 0.370. The number of primary amides is 1. The molecule has 0 aromatic heterocycles. The Morgan fingerprint density at radius 3 is 2.60 bits per heavy atom. The standard InChI is InChI=1S/C27H31FN2O4.ClH/c1-32-22-11-12-24-19(14-22)7-4-8-23(24)21-17-33-27(34-18-21)10-5-13-30(16-26(29)31)15-20-6-2-3-9-25(20)28;/h2-4,6-9,11-12,14,21,27H,5,10,13,15-18H2,1H3,(H2,29,31);1H. The fourth-order valence-corrected chi connectivity index (χ4v) is 4.44. The number of nitrogens with two attached hydrogens (primary N) is 1. The molecule has 0 saturated carbocycles. The summed E-state index contributed by atoms with van der Waals surface area (Å²) >= 11 is 0. The van der Waals surface area contributed by atoms with E-state index in [0.29, 0.717) is 38.3 Å². The number of halogens is 2. The molecule has 1 aliphatic heterocycles. The Balaban J connectivity index is 0.00000342. The lowest BCUT2D eigenvalue weighted by atomic mass is 9.94. The van der Waals surface area contributed by atoms with E-state index in [2.05, 4.69) is 18.2 Å². The van der Waals surface area contributed by atoms with Crippen molar-refractivity contribution < 1.29 is 23.4 Å². The first kappa shape index (κ1) is 26.9. The minimum Gasteiger partial charge on any atom is -0.497 e. The third kappa shape index (κ3) is 7.15. The Labute approximate surface area is 211 Å². The smallest absolute Gasteiger partial charge is 0.231 e. The molecule has 3 aromatic rings. The van der Waals surface area contributed by atoms with E-state index in [9.17, 15) is 9.18 Å². The van der Waals surface area contributed by atoms with E-state index in [1.54, 1.807) is 25.3 Å². The molecular weight excluding hydrogens is 471 g/mol. The van der Waals surface area contributed by atoms with Crippen molar-refractivity contribution >= 4 is 29.1 Å². The second-order valence-electron chi connectivity index (χ2n) is 8.64. The van der Waals surface area contributed by atoms with Crippen molar-refractivity contribution in [3.63, 3.8) is 0 Å². The van der Waals surface area contributed by atoms with Gasteiger partial charge in [0.25, 0.3) is 0 Å². The van der Waals surface area contributed by atoms with Gasteiger partial charge in [-0.2, -0.15) is 0 Å². The maximum absolute atomic E-state index is 14.0. The summed E-state index contributed by atoms with van der Waals surface area (Å²) < 4.78 is 31.4. The summed E-state index contributed by atoms with van der Waals surface area (Å²) in [4.78, 5) is 13.3. The maximum atomic E-state index is 14.0. The molecule has 3 aromatic carbocycles. The summed E-state index contributed by atoms with van der Waals surface area (Å²) in [6.45, 7) is 2.16. The molecule has 0 aliphatic carbocycles. The predicted octanol–water partition coefficient (Wildman–Crippen LogP) is 4.63. The molecule has 1 fully saturated rings. The number of hydrogen-bond donors (Lipinski definition) is 1. The van der Waals surface area contributed by atoms with E-state index in [1.807, 2.05) is 23.1 Å².